The zero-order chi connectivity index (χ0) is 19.9. The molecule has 0 atom stereocenters. The Balaban J connectivity index is 1.53. The second kappa shape index (κ2) is 9.50. The summed E-state index contributed by atoms with van der Waals surface area (Å²) in [6, 6.07) is 10.7. The quantitative estimate of drug-likeness (QED) is 0.775. The summed E-state index contributed by atoms with van der Waals surface area (Å²) in [6.07, 6.45) is 2.89. The third kappa shape index (κ3) is 5.42. The number of anilines is 2. The fourth-order valence-electron chi connectivity index (χ4n) is 3.19. The van der Waals surface area contributed by atoms with Crippen molar-refractivity contribution >= 4 is 34.9 Å². The SMILES string of the molecule is CCCC(=O)Nc1cccc(C(=O)NC2CCN(c3ccc(Cl)nn3)CC2)c1. The van der Waals surface area contributed by atoms with Crippen LogP contribution in [0.1, 0.15) is 43.0 Å². The summed E-state index contributed by atoms with van der Waals surface area (Å²) >= 11 is 5.78. The van der Waals surface area contributed by atoms with E-state index in [1.807, 2.05) is 13.0 Å². The van der Waals surface area contributed by atoms with Gasteiger partial charge in [-0.05, 0) is 49.6 Å². The molecular formula is C20H24ClN5O2. The first kappa shape index (κ1) is 20.1. The van der Waals surface area contributed by atoms with Gasteiger partial charge >= 0.3 is 0 Å². The molecule has 3 rings (SSSR count). The van der Waals surface area contributed by atoms with Gasteiger partial charge in [0.15, 0.2) is 11.0 Å². The lowest BCUT2D eigenvalue weighted by Crippen LogP contribution is -2.45. The van der Waals surface area contributed by atoms with E-state index in [0.29, 0.717) is 22.8 Å². The van der Waals surface area contributed by atoms with Crippen LogP contribution in [0.4, 0.5) is 11.5 Å². The van der Waals surface area contributed by atoms with Crippen molar-refractivity contribution in [1.29, 1.82) is 0 Å². The molecule has 2 heterocycles. The van der Waals surface area contributed by atoms with Crippen molar-refractivity contribution in [3.8, 4) is 0 Å². The number of carbonyl (C=O) groups is 2. The van der Waals surface area contributed by atoms with Gasteiger partial charge in [0.25, 0.3) is 5.91 Å². The molecule has 0 saturated carbocycles. The topological polar surface area (TPSA) is 87.2 Å². The number of hydrogen-bond donors (Lipinski definition) is 2. The molecule has 28 heavy (non-hydrogen) atoms. The van der Waals surface area contributed by atoms with Gasteiger partial charge in [0.2, 0.25) is 5.91 Å². The van der Waals surface area contributed by atoms with Gasteiger partial charge in [-0.25, -0.2) is 0 Å². The molecule has 0 unspecified atom stereocenters. The number of rotatable bonds is 6. The highest BCUT2D eigenvalue weighted by molar-refractivity contribution is 6.29. The fraction of sp³-hybridized carbons (Fsp3) is 0.400. The summed E-state index contributed by atoms with van der Waals surface area (Å²) in [6.45, 7) is 3.52. The molecule has 1 aliphatic heterocycles. The number of carbonyl (C=O) groups excluding carboxylic acids is 2. The summed E-state index contributed by atoms with van der Waals surface area (Å²) in [5.41, 5.74) is 1.18. The second-order valence-corrected chi connectivity index (χ2v) is 7.22. The Morgan fingerprint density at radius 1 is 1.18 bits per heavy atom. The van der Waals surface area contributed by atoms with E-state index in [4.69, 9.17) is 11.6 Å². The first-order chi connectivity index (χ1) is 13.5. The molecule has 1 fully saturated rings. The number of piperidine rings is 1. The molecule has 2 N–H and O–H groups in total. The minimum Gasteiger partial charge on any atom is -0.355 e. The molecule has 0 radical (unpaired) electrons. The van der Waals surface area contributed by atoms with Crippen LogP contribution in [0.2, 0.25) is 5.15 Å². The molecule has 1 aromatic carbocycles. The van der Waals surface area contributed by atoms with Gasteiger partial charge in [-0.15, -0.1) is 10.2 Å². The Morgan fingerprint density at radius 3 is 2.64 bits per heavy atom. The lowest BCUT2D eigenvalue weighted by Gasteiger charge is -2.32. The van der Waals surface area contributed by atoms with Gasteiger partial charge < -0.3 is 15.5 Å². The largest absolute Gasteiger partial charge is 0.355 e. The molecule has 0 aliphatic carbocycles. The molecule has 0 spiro atoms. The number of aromatic nitrogens is 2. The van der Waals surface area contributed by atoms with Crippen molar-refractivity contribution in [2.75, 3.05) is 23.3 Å². The number of nitrogens with one attached hydrogen (secondary N) is 2. The standard InChI is InChI=1S/C20H24ClN5O2/c1-2-4-19(27)22-16-6-3-5-14(13-16)20(28)23-15-9-11-26(12-10-15)18-8-7-17(21)24-25-18/h3,5-8,13,15H,2,4,9-12H2,1H3,(H,22,27)(H,23,28). The minimum absolute atomic E-state index is 0.0438. The van der Waals surface area contributed by atoms with Crippen molar-refractivity contribution in [2.45, 2.75) is 38.6 Å². The minimum atomic E-state index is -0.128. The van der Waals surface area contributed by atoms with Crippen LogP contribution in [0.5, 0.6) is 0 Å². The van der Waals surface area contributed by atoms with Crippen LogP contribution in [-0.4, -0.2) is 41.1 Å². The number of nitrogens with zero attached hydrogens (tertiary/aromatic N) is 3. The van der Waals surface area contributed by atoms with Gasteiger partial charge in [0, 0.05) is 36.8 Å². The summed E-state index contributed by atoms with van der Waals surface area (Å²) in [7, 11) is 0. The predicted octanol–water partition coefficient (Wildman–Crippen LogP) is 3.27. The fourth-order valence-corrected chi connectivity index (χ4v) is 3.29. The van der Waals surface area contributed by atoms with Gasteiger partial charge in [0.05, 0.1) is 0 Å². The maximum absolute atomic E-state index is 12.6. The molecule has 7 nitrogen and oxygen atoms in total. The number of amides is 2. The van der Waals surface area contributed by atoms with Crippen LogP contribution in [0.3, 0.4) is 0 Å². The van der Waals surface area contributed by atoms with Crippen molar-refractivity contribution < 1.29 is 9.59 Å². The third-order valence-corrected chi connectivity index (χ3v) is 4.86. The summed E-state index contributed by atoms with van der Waals surface area (Å²) in [4.78, 5) is 26.5. The van der Waals surface area contributed by atoms with Crippen molar-refractivity contribution in [3.63, 3.8) is 0 Å². The van der Waals surface area contributed by atoms with Gasteiger partial charge in [-0.2, -0.15) is 0 Å². The monoisotopic (exact) mass is 401 g/mol. The normalized spacial score (nSPS) is 14.6. The highest BCUT2D eigenvalue weighted by Crippen LogP contribution is 2.19. The Kier molecular flexibility index (Phi) is 6.81. The second-order valence-electron chi connectivity index (χ2n) is 6.83. The summed E-state index contributed by atoms with van der Waals surface area (Å²) in [5, 5.41) is 14.3. The molecule has 2 aromatic rings. The van der Waals surface area contributed by atoms with Crippen LogP contribution in [0.25, 0.3) is 0 Å². The number of halogens is 1. The van der Waals surface area contributed by atoms with E-state index in [9.17, 15) is 9.59 Å². The highest BCUT2D eigenvalue weighted by atomic mass is 35.5. The van der Waals surface area contributed by atoms with E-state index in [0.717, 1.165) is 38.2 Å². The summed E-state index contributed by atoms with van der Waals surface area (Å²) in [5.74, 6) is 0.624. The smallest absolute Gasteiger partial charge is 0.251 e. The average molecular weight is 402 g/mol. The van der Waals surface area contributed by atoms with Gasteiger partial charge in [0.1, 0.15) is 0 Å². The Hall–Kier alpha value is -2.67. The Labute approximate surface area is 169 Å². The first-order valence-electron chi connectivity index (χ1n) is 9.50. The molecule has 8 heteroatoms. The predicted molar refractivity (Wildman–Crippen MR) is 110 cm³/mol. The van der Waals surface area contributed by atoms with Crippen molar-refractivity contribution in [3.05, 3.63) is 47.1 Å². The lowest BCUT2D eigenvalue weighted by molar-refractivity contribution is -0.116. The average Bonchev–Trinajstić information content (AvgIpc) is 2.69. The third-order valence-electron chi connectivity index (χ3n) is 4.66. The van der Waals surface area contributed by atoms with Crippen LogP contribution in [0, 0.1) is 0 Å². The molecular weight excluding hydrogens is 378 g/mol. The lowest BCUT2D eigenvalue weighted by atomic mass is 10.0. The summed E-state index contributed by atoms with van der Waals surface area (Å²) < 4.78 is 0. The van der Waals surface area contributed by atoms with Crippen molar-refractivity contribution in [2.24, 2.45) is 0 Å². The number of hydrogen-bond acceptors (Lipinski definition) is 5. The van der Waals surface area contributed by atoms with Crippen LogP contribution in [-0.2, 0) is 4.79 Å². The molecule has 0 bridgehead atoms. The van der Waals surface area contributed by atoms with Crippen molar-refractivity contribution in [1.82, 2.24) is 15.5 Å². The first-order valence-corrected chi connectivity index (χ1v) is 9.88. The molecule has 148 valence electrons. The van der Waals surface area contributed by atoms with E-state index < -0.39 is 0 Å². The van der Waals surface area contributed by atoms with Gasteiger partial charge in [-0.3, -0.25) is 9.59 Å². The van der Waals surface area contributed by atoms with Gasteiger partial charge in [-0.1, -0.05) is 24.6 Å². The maximum Gasteiger partial charge on any atom is 0.251 e. The molecule has 2 amide bonds. The number of benzene rings is 1. The Bertz CT molecular complexity index is 820. The van der Waals surface area contributed by atoms with Crippen LogP contribution in [0.15, 0.2) is 36.4 Å². The molecule has 1 aliphatic rings. The highest BCUT2D eigenvalue weighted by Gasteiger charge is 2.22. The zero-order valence-electron chi connectivity index (χ0n) is 15.8. The van der Waals surface area contributed by atoms with Crippen LogP contribution < -0.4 is 15.5 Å². The van der Waals surface area contributed by atoms with E-state index in [1.54, 1.807) is 30.3 Å². The van der Waals surface area contributed by atoms with E-state index in [2.05, 4.69) is 25.7 Å². The Morgan fingerprint density at radius 2 is 1.96 bits per heavy atom. The maximum atomic E-state index is 12.6. The zero-order valence-corrected chi connectivity index (χ0v) is 16.6. The van der Waals surface area contributed by atoms with E-state index >= 15 is 0 Å². The van der Waals surface area contributed by atoms with E-state index in [1.165, 1.54) is 0 Å². The van der Waals surface area contributed by atoms with E-state index in [-0.39, 0.29) is 17.9 Å². The van der Waals surface area contributed by atoms with Crippen LogP contribution >= 0.6 is 11.6 Å². The molecule has 1 aromatic heterocycles. The molecule has 1 saturated heterocycles.